The number of amides is 1. The second-order valence-electron chi connectivity index (χ2n) is 7.65. The summed E-state index contributed by atoms with van der Waals surface area (Å²) in [7, 11) is 1.83. The van der Waals surface area contributed by atoms with Gasteiger partial charge in [-0.1, -0.05) is 0 Å². The number of nitrogens with zero attached hydrogens (tertiary/aromatic N) is 5. The van der Waals surface area contributed by atoms with Crippen molar-refractivity contribution in [2.24, 2.45) is 13.0 Å². The molecule has 2 aromatic rings. The van der Waals surface area contributed by atoms with Crippen LogP contribution >= 0.6 is 0 Å². The lowest BCUT2D eigenvalue weighted by Gasteiger charge is -2.50. The molecular formula is C19H28N6O2. The summed E-state index contributed by atoms with van der Waals surface area (Å²) in [5.74, 6) is 0.835. The van der Waals surface area contributed by atoms with Crippen molar-refractivity contribution >= 4 is 5.91 Å². The first-order chi connectivity index (χ1) is 13.1. The van der Waals surface area contributed by atoms with Gasteiger partial charge in [-0.2, -0.15) is 5.10 Å². The van der Waals surface area contributed by atoms with Crippen LogP contribution < -0.4 is 5.32 Å². The first-order valence-corrected chi connectivity index (χ1v) is 9.73. The van der Waals surface area contributed by atoms with Crippen LogP contribution in [0, 0.1) is 5.92 Å². The highest BCUT2D eigenvalue weighted by molar-refractivity contribution is 5.90. The van der Waals surface area contributed by atoms with Gasteiger partial charge in [0.1, 0.15) is 0 Å². The summed E-state index contributed by atoms with van der Waals surface area (Å²) in [6.07, 6.45) is 9.50. The molecule has 4 heterocycles. The lowest BCUT2D eigenvalue weighted by atomic mass is 9.79. The fourth-order valence-corrected chi connectivity index (χ4v) is 4.31. The van der Waals surface area contributed by atoms with Gasteiger partial charge in [-0.15, -0.1) is 0 Å². The smallest absolute Gasteiger partial charge is 0.287 e. The topological polar surface area (TPSA) is 77.2 Å². The summed E-state index contributed by atoms with van der Waals surface area (Å²) in [4.78, 5) is 18.7. The van der Waals surface area contributed by atoms with E-state index in [4.69, 9.17) is 4.74 Å². The van der Waals surface area contributed by atoms with E-state index in [0.717, 1.165) is 45.6 Å². The van der Waals surface area contributed by atoms with Gasteiger partial charge in [-0.25, -0.2) is 4.98 Å². The minimum Gasteiger partial charge on any atom is -0.372 e. The summed E-state index contributed by atoms with van der Waals surface area (Å²) in [5, 5.41) is 7.34. The molecule has 2 fully saturated rings. The minimum atomic E-state index is -0.112. The largest absolute Gasteiger partial charge is 0.372 e. The molecule has 8 nitrogen and oxygen atoms in total. The molecule has 0 aliphatic carbocycles. The molecular weight excluding hydrogens is 344 g/mol. The van der Waals surface area contributed by atoms with Gasteiger partial charge in [0.05, 0.1) is 11.8 Å². The van der Waals surface area contributed by atoms with E-state index in [2.05, 4.69) is 33.4 Å². The standard InChI is InChI=1S/C19H28N6O2/c1-3-25-12-15(10-22-25)11-24-13-19(14-24)16(5-9-27-19)4-6-21-18(26)17-20-7-8-23(17)2/h7-8,10,12,16H,3-6,9,11,13-14H2,1-2H3,(H,21,26). The molecule has 1 unspecified atom stereocenters. The summed E-state index contributed by atoms with van der Waals surface area (Å²) in [6.45, 7) is 7.32. The third-order valence-electron chi connectivity index (χ3n) is 5.80. The summed E-state index contributed by atoms with van der Waals surface area (Å²) in [5.41, 5.74) is 1.22. The van der Waals surface area contributed by atoms with E-state index >= 15 is 0 Å². The molecule has 4 rings (SSSR count). The maximum absolute atomic E-state index is 12.2. The second kappa shape index (κ2) is 7.44. The first-order valence-electron chi connectivity index (χ1n) is 9.73. The highest BCUT2D eigenvalue weighted by Crippen LogP contribution is 2.42. The lowest BCUT2D eigenvalue weighted by Crippen LogP contribution is -2.64. The average Bonchev–Trinajstić information content (AvgIpc) is 3.34. The first kappa shape index (κ1) is 18.2. The van der Waals surface area contributed by atoms with Crippen LogP contribution in [-0.4, -0.2) is 62.0 Å². The van der Waals surface area contributed by atoms with Gasteiger partial charge in [0.15, 0.2) is 5.82 Å². The molecule has 1 amide bonds. The number of ether oxygens (including phenoxy) is 1. The number of nitrogens with one attached hydrogen (secondary N) is 1. The van der Waals surface area contributed by atoms with Crippen molar-refractivity contribution in [2.45, 2.75) is 38.5 Å². The van der Waals surface area contributed by atoms with Crippen molar-refractivity contribution in [2.75, 3.05) is 26.2 Å². The predicted octanol–water partition coefficient (Wildman–Crippen LogP) is 1.05. The molecule has 1 N–H and O–H groups in total. The Morgan fingerprint density at radius 1 is 1.44 bits per heavy atom. The minimum absolute atomic E-state index is 0.0330. The van der Waals surface area contributed by atoms with Crippen LogP contribution in [0.15, 0.2) is 24.8 Å². The molecule has 2 saturated heterocycles. The SMILES string of the molecule is CCn1cc(CN2CC3(C2)OCCC3CCNC(=O)c2nccn2C)cn1. The number of aryl methyl sites for hydroxylation is 2. The molecule has 2 aliphatic heterocycles. The number of carbonyl (C=O) groups is 1. The van der Waals surface area contributed by atoms with Crippen molar-refractivity contribution < 1.29 is 9.53 Å². The van der Waals surface area contributed by atoms with E-state index in [9.17, 15) is 4.79 Å². The molecule has 0 radical (unpaired) electrons. The zero-order valence-corrected chi connectivity index (χ0v) is 16.1. The molecule has 0 aromatic carbocycles. The number of hydrogen-bond donors (Lipinski definition) is 1. The molecule has 1 atom stereocenters. The fourth-order valence-electron chi connectivity index (χ4n) is 4.31. The summed E-state index contributed by atoms with van der Waals surface area (Å²) >= 11 is 0. The van der Waals surface area contributed by atoms with Gasteiger partial charge >= 0.3 is 0 Å². The Kier molecular flexibility index (Phi) is 5.01. The maximum atomic E-state index is 12.2. The van der Waals surface area contributed by atoms with Gasteiger partial charge in [0.25, 0.3) is 5.91 Å². The molecule has 1 spiro atoms. The summed E-state index contributed by atoms with van der Waals surface area (Å²) < 4.78 is 9.84. The quantitative estimate of drug-likeness (QED) is 0.786. The Morgan fingerprint density at radius 3 is 3.00 bits per heavy atom. The van der Waals surface area contributed by atoms with Gasteiger partial charge in [-0.3, -0.25) is 14.4 Å². The van der Waals surface area contributed by atoms with E-state index in [-0.39, 0.29) is 11.5 Å². The van der Waals surface area contributed by atoms with Crippen LogP contribution in [0.2, 0.25) is 0 Å². The number of aromatic nitrogens is 4. The van der Waals surface area contributed by atoms with Crippen LogP contribution in [0.5, 0.6) is 0 Å². The van der Waals surface area contributed by atoms with Crippen molar-refractivity contribution in [3.8, 4) is 0 Å². The molecule has 146 valence electrons. The van der Waals surface area contributed by atoms with E-state index in [1.165, 1.54) is 5.56 Å². The molecule has 2 aliphatic rings. The van der Waals surface area contributed by atoms with Gasteiger partial charge in [0, 0.05) is 70.5 Å². The lowest BCUT2D eigenvalue weighted by molar-refractivity contribution is -0.136. The zero-order chi connectivity index (χ0) is 18.9. The van der Waals surface area contributed by atoms with Crippen molar-refractivity contribution in [3.63, 3.8) is 0 Å². The van der Waals surface area contributed by atoms with Crippen LogP contribution in [0.1, 0.15) is 35.9 Å². The van der Waals surface area contributed by atoms with Gasteiger partial charge in [0.2, 0.25) is 0 Å². The Labute approximate surface area is 159 Å². The van der Waals surface area contributed by atoms with Crippen LogP contribution in [-0.2, 0) is 24.9 Å². The van der Waals surface area contributed by atoms with Crippen molar-refractivity contribution in [1.82, 2.24) is 29.5 Å². The number of rotatable bonds is 7. The molecule has 27 heavy (non-hydrogen) atoms. The number of carbonyl (C=O) groups excluding carboxylic acids is 1. The zero-order valence-electron chi connectivity index (χ0n) is 16.1. The summed E-state index contributed by atoms with van der Waals surface area (Å²) in [6, 6.07) is 0. The third-order valence-corrected chi connectivity index (χ3v) is 5.80. The third kappa shape index (κ3) is 3.64. The highest BCUT2D eigenvalue weighted by atomic mass is 16.5. The van der Waals surface area contributed by atoms with E-state index in [1.807, 2.05) is 17.9 Å². The van der Waals surface area contributed by atoms with E-state index < -0.39 is 0 Å². The fraction of sp³-hybridized carbons (Fsp3) is 0.632. The van der Waals surface area contributed by atoms with Gasteiger partial charge in [-0.05, 0) is 25.7 Å². The van der Waals surface area contributed by atoms with E-state index in [0.29, 0.717) is 18.3 Å². The number of imidazole rings is 1. The molecule has 0 saturated carbocycles. The predicted molar refractivity (Wildman–Crippen MR) is 100 cm³/mol. The van der Waals surface area contributed by atoms with Crippen LogP contribution in [0.4, 0.5) is 0 Å². The number of hydrogen-bond acceptors (Lipinski definition) is 5. The van der Waals surface area contributed by atoms with Crippen molar-refractivity contribution in [1.29, 1.82) is 0 Å². The van der Waals surface area contributed by atoms with Gasteiger partial charge < -0.3 is 14.6 Å². The molecule has 8 heteroatoms. The Bertz CT molecular complexity index is 792. The monoisotopic (exact) mass is 372 g/mol. The van der Waals surface area contributed by atoms with E-state index in [1.54, 1.807) is 17.0 Å². The highest BCUT2D eigenvalue weighted by Gasteiger charge is 2.52. The maximum Gasteiger partial charge on any atom is 0.287 e. The molecule has 2 aromatic heterocycles. The second-order valence-corrected chi connectivity index (χ2v) is 7.65. The Balaban J connectivity index is 1.25. The van der Waals surface area contributed by atoms with Crippen molar-refractivity contribution in [3.05, 3.63) is 36.2 Å². The van der Waals surface area contributed by atoms with Crippen LogP contribution in [0.25, 0.3) is 0 Å². The average molecular weight is 372 g/mol. The normalized spacial score (nSPS) is 21.5. The molecule has 0 bridgehead atoms. The Morgan fingerprint density at radius 2 is 2.30 bits per heavy atom. The number of likely N-dealkylation sites (tertiary alicyclic amines) is 1. The Hall–Kier alpha value is -2.19. The van der Waals surface area contributed by atoms with Crippen LogP contribution in [0.3, 0.4) is 0 Å².